The molecule has 24 heavy (non-hydrogen) atoms. The summed E-state index contributed by atoms with van der Waals surface area (Å²) in [6.45, 7) is 1.99. The maximum absolute atomic E-state index is 12.5. The minimum absolute atomic E-state index is 0.203. The molecule has 0 heterocycles. The third-order valence-corrected chi connectivity index (χ3v) is 4.04. The molecule has 2 aromatic rings. The Morgan fingerprint density at radius 2 is 1.75 bits per heavy atom. The number of benzene rings is 2. The van der Waals surface area contributed by atoms with E-state index in [0.29, 0.717) is 22.0 Å². The number of hydrazone groups is 1. The van der Waals surface area contributed by atoms with Crippen molar-refractivity contribution >= 4 is 40.5 Å². The molecule has 6 heteroatoms. The molecule has 0 radical (unpaired) electrons. The molecular weight excluding hydrogens is 345 g/mol. The molecule has 2 aromatic carbocycles. The number of rotatable bonds is 5. The van der Waals surface area contributed by atoms with Crippen LogP contribution in [0.3, 0.4) is 0 Å². The number of hydrogen-bond donors (Lipinski definition) is 1. The van der Waals surface area contributed by atoms with Crippen LogP contribution in [0.1, 0.15) is 29.3 Å². The first kappa shape index (κ1) is 18.3. The van der Waals surface area contributed by atoms with Crippen LogP contribution < -0.4 is 5.32 Å². The van der Waals surface area contributed by atoms with Crippen LogP contribution in [-0.2, 0) is 0 Å². The molecule has 0 aromatic heterocycles. The summed E-state index contributed by atoms with van der Waals surface area (Å²) < 4.78 is 0. The first-order valence-electron chi connectivity index (χ1n) is 7.55. The summed E-state index contributed by atoms with van der Waals surface area (Å²) in [6.07, 6.45) is 0.660. The van der Waals surface area contributed by atoms with Gasteiger partial charge in [-0.25, -0.2) is 5.01 Å². The zero-order valence-corrected chi connectivity index (χ0v) is 15.3. The number of carbonyl (C=O) groups is 1. The van der Waals surface area contributed by atoms with Crippen molar-refractivity contribution in [2.24, 2.45) is 5.10 Å². The fourth-order valence-electron chi connectivity index (χ4n) is 2.29. The summed E-state index contributed by atoms with van der Waals surface area (Å²) >= 11 is 12.0. The summed E-state index contributed by atoms with van der Waals surface area (Å²) in [7, 11) is 3.47. The van der Waals surface area contributed by atoms with Crippen LogP contribution in [0.25, 0.3) is 0 Å². The van der Waals surface area contributed by atoms with Crippen molar-refractivity contribution in [3.8, 4) is 0 Å². The average Bonchev–Trinajstić information content (AvgIpc) is 2.59. The standard InChI is InChI=1S/C18H19Cl2N3O/c1-4-16(15-11-14(20)9-10-17(15)21-2)22-23(3)18(24)12-5-7-13(19)8-6-12/h5-11,21H,4H2,1-3H3/b22-16-. The van der Waals surface area contributed by atoms with E-state index in [1.165, 1.54) is 5.01 Å². The summed E-state index contributed by atoms with van der Waals surface area (Å²) in [6, 6.07) is 12.3. The van der Waals surface area contributed by atoms with Crippen molar-refractivity contribution in [3.63, 3.8) is 0 Å². The van der Waals surface area contributed by atoms with Gasteiger partial charge in [0, 0.05) is 41.0 Å². The Labute approximate surface area is 152 Å². The summed E-state index contributed by atoms with van der Waals surface area (Å²) in [5, 5.41) is 10.1. The largest absolute Gasteiger partial charge is 0.388 e. The Morgan fingerprint density at radius 3 is 2.33 bits per heavy atom. The summed E-state index contributed by atoms with van der Waals surface area (Å²) in [5.41, 5.74) is 3.09. The smallest absolute Gasteiger partial charge is 0.273 e. The van der Waals surface area contributed by atoms with Gasteiger partial charge in [-0.1, -0.05) is 30.1 Å². The molecule has 1 amide bonds. The molecule has 0 aliphatic carbocycles. The van der Waals surface area contributed by atoms with E-state index in [9.17, 15) is 4.79 Å². The highest BCUT2D eigenvalue weighted by Gasteiger charge is 2.14. The lowest BCUT2D eigenvalue weighted by Gasteiger charge is -2.16. The second-order valence-electron chi connectivity index (χ2n) is 5.18. The third-order valence-electron chi connectivity index (χ3n) is 3.55. The van der Waals surface area contributed by atoms with Gasteiger partial charge in [0.05, 0.1) is 5.71 Å². The zero-order chi connectivity index (χ0) is 17.7. The average molecular weight is 364 g/mol. The fourth-order valence-corrected chi connectivity index (χ4v) is 2.59. The Hall–Kier alpha value is -2.04. The Balaban J connectivity index is 2.34. The molecular formula is C18H19Cl2N3O. The molecule has 0 unspecified atom stereocenters. The molecule has 0 saturated heterocycles. The van der Waals surface area contributed by atoms with Gasteiger partial charge in [0.2, 0.25) is 0 Å². The Kier molecular flexibility index (Phi) is 6.23. The second-order valence-corrected chi connectivity index (χ2v) is 6.05. The van der Waals surface area contributed by atoms with Crippen molar-refractivity contribution in [3.05, 3.63) is 63.6 Å². The SMILES string of the molecule is CC/C(=N/N(C)C(=O)c1ccc(Cl)cc1)c1cc(Cl)ccc1NC. The van der Waals surface area contributed by atoms with Crippen LogP contribution in [0.5, 0.6) is 0 Å². The molecule has 2 rings (SSSR count). The van der Waals surface area contributed by atoms with Gasteiger partial charge in [-0.15, -0.1) is 0 Å². The van der Waals surface area contributed by atoms with E-state index >= 15 is 0 Å². The van der Waals surface area contributed by atoms with Gasteiger partial charge >= 0.3 is 0 Å². The first-order chi connectivity index (χ1) is 11.5. The number of halogens is 2. The first-order valence-corrected chi connectivity index (χ1v) is 8.30. The predicted octanol–water partition coefficient (Wildman–Crippen LogP) is 4.92. The van der Waals surface area contributed by atoms with Gasteiger partial charge in [-0.05, 0) is 48.9 Å². The highest BCUT2D eigenvalue weighted by Crippen LogP contribution is 2.23. The zero-order valence-electron chi connectivity index (χ0n) is 13.8. The van der Waals surface area contributed by atoms with Crippen LogP contribution in [0, 0.1) is 0 Å². The minimum atomic E-state index is -0.203. The third kappa shape index (κ3) is 4.28. The predicted molar refractivity (Wildman–Crippen MR) is 101 cm³/mol. The van der Waals surface area contributed by atoms with Crippen LogP contribution in [0.4, 0.5) is 5.69 Å². The van der Waals surface area contributed by atoms with E-state index in [1.54, 1.807) is 31.3 Å². The Morgan fingerprint density at radius 1 is 1.12 bits per heavy atom. The molecule has 0 spiro atoms. The van der Waals surface area contributed by atoms with Gasteiger partial charge in [0.15, 0.2) is 0 Å². The number of nitrogens with one attached hydrogen (secondary N) is 1. The van der Waals surface area contributed by atoms with Crippen molar-refractivity contribution in [2.75, 3.05) is 19.4 Å². The number of carbonyl (C=O) groups excluding carboxylic acids is 1. The van der Waals surface area contributed by atoms with Crippen LogP contribution in [0.2, 0.25) is 10.0 Å². The van der Waals surface area contributed by atoms with Crippen LogP contribution in [-0.4, -0.2) is 30.7 Å². The Bertz CT molecular complexity index is 757. The number of nitrogens with zero attached hydrogens (tertiary/aromatic N) is 2. The van der Waals surface area contributed by atoms with E-state index in [1.807, 2.05) is 32.2 Å². The maximum Gasteiger partial charge on any atom is 0.273 e. The van der Waals surface area contributed by atoms with Gasteiger partial charge in [-0.2, -0.15) is 5.10 Å². The fraction of sp³-hybridized carbons (Fsp3) is 0.222. The van der Waals surface area contributed by atoms with E-state index in [0.717, 1.165) is 17.0 Å². The lowest BCUT2D eigenvalue weighted by molar-refractivity contribution is 0.0799. The minimum Gasteiger partial charge on any atom is -0.388 e. The molecule has 0 saturated carbocycles. The molecule has 126 valence electrons. The van der Waals surface area contributed by atoms with Gasteiger partial charge in [0.1, 0.15) is 0 Å². The van der Waals surface area contributed by atoms with Gasteiger partial charge in [-0.3, -0.25) is 4.79 Å². The van der Waals surface area contributed by atoms with Crippen LogP contribution >= 0.6 is 23.2 Å². The normalized spacial score (nSPS) is 11.3. The van der Waals surface area contributed by atoms with E-state index < -0.39 is 0 Å². The quantitative estimate of drug-likeness (QED) is 0.605. The van der Waals surface area contributed by atoms with E-state index in [2.05, 4.69) is 10.4 Å². The molecule has 0 aliphatic heterocycles. The number of hydrogen-bond acceptors (Lipinski definition) is 3. The molecule has 1 N–H and O–H groups in total. The lowest BCUT2D eigenvalue weighted by atomic mass is 10.1. The van der Waals surface area contributed by atoms with Crippen molar-refractivity contribution in [1.82, 2.24) is 5.01 Å². The monoisotopic (exact) mass is 363 g/mol. The van der Waals surface area contributed by atoms with Gasteiger partial charge < -0.3 is 5.32 Å². The molecule has 0 atom stereocenters. The van der Waals surface area contributed by atoms with Crippen LogP contribution in [0.15, 0.2) is 47.6 Å². The van der Waals surface area contributed by atoms with Crippen molar-refractivity contribution in [1.29, 1.82) is 0 Å². The number of amides is 1. The second kappa shape index (κ2) is 8.18. The molecule has 0 fully saturated rings. The molecule has 0 bridgehead atoms. The summed E-state index contributed by atoms with van der Waals surface area (Å²) in [4.78, 5) is 12.5. The van der Waals surface area contributed by atoms with Gasteiger partial charge in [0.25, 0.3) is 5.91 Å². The highest BCUT2D eigenvalue weighted by atomic mass is 35.5. The number of anilines is 1. The van der Waals surface area contributed by atoms with E-state index in [4.69, 9.17) is 23.2 Å². The van der Waals surface area contributed by atoms with E-state index in [-0.39, 0.29) is 5.91 Å². The molecule has 4 nitrogen and oxygen atoms in total. The topological polar surface area (TPSA) is 44.7 Å². The highest BCUT2D eigenvalue weighted by molar-refractivity contribution is 6.31. The molecule has 0 aliphatic rings. The summed E-state index contributed by atoms with van der Waals surface area (Å²) in [5.74, 6) is -0.203. The maximum atomic E-state index is 12.5. The van der Waals surface area contributed by atoms with Crippen molar-refractivity contribution < 1.29 is 4.79 Å². The van der Waals surface area contributed by atoms with Crippen molar-refractivity contribution in [2.45, 2.75) is 13.3 Å². The lowest BCUT2D eigenvalue weighted by Crippen LogP contribution is -2.23.